The number of amides is 1. The number of nitrogens with one attached hydrogen (secondary N) is 1. The first kappa shape index (κ1) is 9.51. The molecule has 1 atom stereocenters. The summed E-state index contributed by atoms with van der Waals surface area (Å²) in [6, 6.07) is 3.22. The fraction of sp³-hybridized carbons (Fsp3) is 0.200. The minimum Gasteiger partial charge on any atom is -0.467 e. The third-order valence-electron chi connectivity index (χ3n) is 2.05. The molecule has 5 heteroatoms. The van der Waals surface area contributed by atoms with Crippen molar-refractivity contribution in [3.63, 3.8) is 0 Å². The first-order valence-electron chi connectivity index (χ1n) is 4.59. The second-order valence-corrected chi connectivity index (χ2v) is 3.16. The van der Waals surface area contributed by atoms with Gasteiger partial charge in [0.15, 0.2) is 0 Å². The molecule has 0 aromatic carbocycles. The largest absolute Gasteiger partial charge is 0.467 e. The summed E-state index contributed by atoms with van der Waals surface area (Å²) < 4.78 is 6.55. The van der Waals surface area contributed by atoms with Crippen molar-refractivity contribution in [2.75, 3.05) is 0 Å². The van der Waals surface area contributed by atoms with Crippen molar-refractivity contribution in [1.29, 1.82) is 0 Å². The Balaban J connectivity index is 2.01. The first-order valence-corrected chi connectivity index (χ1v) is 4.59. The van der Waals surface area contributed by atoms with Crippen molar-refractivity contribution in [2.24, 2.45) is 0 Å². The lowest BCUT2D eigenvalue weighted by atomic mass is 10.2. The van der Waals surface area contributed by atoms with Gasteiger partial charge in [0.05, 0.1) is 12.3 Å². The number of nitrogens with zero attached hydrogens (tertiary/aromatic N) is 2. The third kappa shape index (κ3) is 2.07. The van der Waals surface area contributed by atoms with Crippen LogP contribution in [0.2, 0.25) is 0 Å². The Bertz CT molecular complexity index is 419. The molecular formula is C10H11N3O2. The van der Waals surface area contributed by atoms with E-state index in [4.69, 9.17) is 4.42 Å². The fourth-order valence-electron chi connectivity index (χ4n) is 1.25. The van der Waals surface area contributed by atoms with Crippen LogP contribution in [0.3, 0.4) is 0 Å². The van der Waals surface area contributed by atoms with E-state index < -0.39 is 0 Å². The van der Waals surface area contributed by atoms with E-state index in [0.29, 0.717) is 0 Å². The Hall–Kier alpha value is -2.04. The smallest absolute Gasteiger partial charge is 0.327 e. The summed E-state index contributed by atoms with van der Waals surface area (Å²) >= 11 is 0. The highest BCUT2D eigenvalue weighted by Gasteiger charge is 2.12. The average Bonchev–Trinajstić information content (AvgIpc) is 2.91. The summed E-state index contributed by atoms with van der Waals surface area (Å²) in [6.45, 7) is 1.85. The van der Waals surface area contributed by atoms with E-state index in [9.17, 15) is 4.79 Å². The Kier molecular flexibility index (Phi) is 2.53. The standard InChI is InChI=1S/C10H11N3O2/c1-8(9-3-2-6-15-9)12-10(14)13-5-4-11-7-13/h2-8H,1H3,(H,12,14). The number of hydrogen-bond donors (Lipinski definition) is 1. The first-order chi connectivity index (χ1) is 7.27. The van der Waals surface area contributed by atoms with Gasteiger partial charge in [0.1, 0.15) is 12.1 Å². The van der Waals surface area contributed by atoms with Crippen LogP contribution in [-0.2, 0) is 0 Å². The molecule has 2 heterocycles. The highest BCUT2D eigenvalue weighted by molar-refractivity contribution is 5.76. The molecule has 1 amide bonds. The van der Waals surface area contributed by atoms with Crippen LogP contribution in [0.4, 0.5) is 4.79 Å². The van der Waals surface area contributed by atoms with Gasteiger partial charge in [0, 0.05) is 12.4 Å². The molecule has 0 aliphatic rings. The lowest BCUT2D eigenvalue weighted by Gasteiger charge is -2.10. The molecule has 0 spiro atoms. The van der Waals surface area contributed by atoms with Gasteiger partial charge in [-0.2, -0.15) is 0 Å². The van der Waals surface area contributed by atoms with Gasteiger partial charge in [-0.25, -0.2) is 9.78 Å². The van der Waals surface area contributed by atoms with Gasteiger partial charge in [0.2, 0.25) is 0 Å². The maximum absolute atomic E-state index is 11.6. The van der Waals surface area contributed by atoms with Crippen LogP contribution >= 0.6 is 0 Å². The predicted octanol–water partition coefficient (Wildman–Crippen LogP) is 1.79. The van der Waals surface area contributed by atoms with Gasteiger partial charge in [0.25, 0.3) is 0 Å². The van der Waals surface area contributed by atoms with E-state index in [1.807, 2.05) is 13.0 Å². The van der Waals surface area contributed by atoms with Crippen molar-refractivity contribution in [3.05, 3.63) is 42.9 Å². The van der Waals surface area contributed by atoms with Crippen LogP contribution < -0.4 is 5.32 Å². The van der Waals surface area contributed by atoms with Gasteiger partial charge < -0.3 is 9.73 Å². The predicted molar refractivity (Wildman–Crippen MR) is 53.3 cm³/mol. The Morgan fingerprint density at radius 3 is 3.13 bits per heavy atom. The zero-order valence-corrected chi connectivity index (χ0v) is 8.25. The molecule has 0 bridgehead atoms. The van der Waals surface area contributed by atoms with Crippen LogP contribution in [0, 0.1) is 0 Å². The molecule has 1 unspecified atom stereocenters. The quantitative estimate of drug-likeness (QED) is 0.813. The van der Waals surface area contributed by atoms with E-state index in [0.717, 1.165) is 5.76 Å². The molecule has 0 saturated carbocycles. The Morgan fingerprint density at radius 2 is 2.53 bits per heavy atom. The Labute approximate surface area is 86.7 Å². The molecule has 2 aromatic heterocycles. The number of hydrogen-bond acceptors (Lipinski definition) is 3. The number of carbonyl (C=O) groups is 1. The third-order valence-corrected chi connectivity index (χ3v) is 2.05. The maximum Gasteiger partial charge on any atom is 0.327 e. The lowest BCUT2D eigenvalue weighted by molar-refractivity contribution is 0.237. The molecule has 2 aromatic rings. The molecule has 0 aliphatic carbocycles. The fourth-order valence-corrected chi connectivity index (χ4v) is 1.25. The van der Waals surface area contributed by atoms with Gasteiger partial charge in [-0.3, -0.25) is 4.57 Å². The average molecular weight is 205 g/mol. The topological polar surface area (TPSA) is 60.1 Å². The van der Waals surface area contributed by atoms with Gasteiger partial charge >= 0.3 is 6.03 Å². The van der Waals surface area contributed by atoms with Crippen LogP contribution in [0.5, 0.6) is 0 Å². The second kappa shape index (κ2) is 4.00. The molecule has 5 nitrogen and oxygen atoms in total. The highest BCUT2D eigenvalue weighted by atomic mass is 16.3. The van der Waals surface area contributed by atoms with Crippen molar-refractivity contribution >= 4 is 6.03 Å². The molecule has 2 rings (SSSR count). The zero-order chi connectivity index (χ0) is 10.7. The Morgan fingerprint density at radius 1 is 1.67 bits per heavy atom. The van der Waals surface area contributed by atoms with Gasteiger partial charge in [-0.05, 0) is 19.1 Å². The van der Waals surface area contributed by atoms with E-state index >= 15 is 0 Å². The number of imidazole rings is 1. The molecule has 78 valence electrons. The number of carbonyl (C=O) groups excluding carboxylic acids is 1. The van der Waals surface area contributed by atoms with Crippen LogP contribution in [0.1, 0.15) is 18.7 Å². The van der Waals surface area contributed by atoms with E-state index in [2.05, 4.69) is 10.3 Å². The number of aromatic nitrogens is 2. The molecular weight excluding hydrogens is 194 g/mol. The molecule has 0 saturated heterocycles. The summed E-state index contributed by atoms with van der Waals surface area (Å²) in [7, 11) is 0. The van der Waals surface area contributed by atoms with E-state index in [1.165, 1.54) is 10.9 Å². The van der Waals surface area contributed by atoms with Gasteiger partial charge in [-0.1, -0.05) is 0 Å². The summed E-state index contributed by atoms with van der Waals surface area (Å²) in [5.41, 5.74) is 0. The molecule has 1 N–H and O–H groups in total. The summed E-state index contributed by atoms with van der Waals surface area (Å²) in [4.78, 5) is 15.4. The zero-order valence-electron chi connectivity index (χ0n) is 8.25. The monoisotopic (exact) mass is 205 g/mol. The van der Waals surface area contributed by atoms with Crippen LogP contribution in [0.25, 0.3) is 0 Å². The SMILES string of the molecule is CC(NC(=O)n1ccnc1)c1ccco1. The van der Waals surface area contributed by atoms with E-state index in [-0.39, 0.29) is 12.1 Å². The molecule has 0 aliphatic heterocycles. The summed E-state index contributed by atoms with van der Waals surface area (Å²) in [5, 5.41) is 2.77. The number of furan rings is 1. The second-order valence-electron chi connectivity index (χ2n) is 3.16. The van der Waals surface area contributed by atoms with Crippen molar-refractivity contribution in [3.8, 4) is 0 Å². The van der Waals surface area contributed by atoms with E-state index in [1.54, 1.807) is 24.7 Å². The minimum atomic E-state index is -0.226. The minimum absolute atomic E-state index is 0.158. The molecule has 0 fully saturated rings. The maximum atomic E-state index is 11.6. The van der Waals surface area contributed by atoms with Crippen molar-refractivity contribution < 1.29 is 9.21 Å². The lowest BCUT2D eigenvalue weighted by Crippen LogP contribution is -2.29. The van der Waals surface area contributed by atoms with Crippen molar-refractivity contribution in [1.82, 2.24) is 14.9 Å². The summed E-state index contributed by atoms with van der Waals surface area (Å²) in [6.07, 6.45) is 6.17. The number of rotatable bonds is 2. The van der Waals surface area contributed by atoms with Crippen LogP contribution in [-0.4, -0.2) is 15.6 Å². The summed E-state index contributed by atoms with van der Waals surface area (Å²) in [5.74, 6) is 0.725. The van der Waals surface area contributed by atoms with Gasteiger partial charge in [-0.15, -0.1) is 0 Å². The highest BCUT2D eigenvalue weighted by Crippen LogP contribution is 2.11. The normalized spacial score (nSPS) is 12.3. The van der Waals surface area contributed by atoms with Crippen LogP contribution in [0.15, 0.2) is 41.5 Å². The molecule has 15 heavy (non-hydrogen) atoms. The van der Waals surface area contributed by atoms with Crippen molar-refractivity contribution in [2.45, 2.75) is 13.0 Å². The molecule has 0 radical (unpaired) electrons.